The van der Waals surface area contributed by atoms with E-state index in [1.165, 1.54) is 11.2 Å². The predicted molar refractivity (Wildman–Crippen MR) is 75.1 cm³/mol. The monoisotopic (exact) mass is 288 g/mol. The maximum absolute atomic E-state index is 12.6. The first-order valence-electron chi connectivity index (χ1n) is 6.35. The topological polar surface area (TPSA) is 99.2 Å². The third-order valence-corrected chi connectivity index (χ3v) is 3.25. The molecule has 0 unspecified atom stereocenters. The lowest BCUT2D eigenvalue weighted by molar-refractivity contribution is 0.0678. The highest BCUT2D eigenvalue weighted by molar-refractivity contribution is 6.06. The van der Waals surface area contributed by atoms with Crippen LogP contribution in [-0.2, 0) is 6.54 Å². The molecule has 0 bridgehead atoms. The fraction of sp³-hybridized carbons (Fsp3) is 0.286. The van der Waals surface area contributed by atoms with Gasteiger partial charge in [0.2, 0.25) is 0 Å². The standard InChI is InChI=1S/C14H16N4O3/c1-8-4-5-9(2)12(14(20)21)11(8)13(19)18(3)6-10-15-7-16-17-10/h4-5,7H,6H2,1-3H3,(H,20,21)(H,15,16,17). The molecule has 0 saturated heterocycles. The second kappa shape index (κ2) is 5.74. The van der Waals surface area contributed by atoms with Crippen molar-refractivity contribution in [2.75, 3.05) is 7.05 Å². The van der Waals surface area contributed by atoms with Gasteiger partial charge in [-0.1, -0.05) is 12.1 Å². The van der Waals surface area contributed by atoms with Crippen molar-refractivity contribution in [1.29, 1.82) is 0 Å². The molecule has 1 amide bonds. The van der Waals surface area contributed by atoms with E-state index in [4.69, 9.17) is 0 Å². The fourth-order valence-electron chi connectivity index (χ4n) is 2.16. The summed E-state index contributed by atoms with van der Waals surface area (Å²) in [6, 6.07) is 3.45. The van der Waals surface area contributed by atoms with Gasteiger partial charge in [-0.2, -0.15) is 5.10 Å². The number of benzene rings is 1. The zero-order valence-electron chi connectivity index (χ0n) is 12.0. The highest BCUT2D eigenvalue weighted by Gasteiger charge is 2.24. The van der Waals surface area contributed by atoms with Gasteiger partial charge in [-0.25, -0.2) is 9.78 Å². The van der Waals surface area contributed by atoms with Crippen molar-refractivity contribution in [1.82, 2.24) is 20.1 Å². The molecule has 2 rings (SSSR count). The van der Waals surface area contributed by atoms with E-state index in [0.717, 1.165) is 0 Å². The minimum atomic E-state index is -1.10. The molecule has 1 aromatic carbocycles. The molecule has 1 heterocycles. The largest absolute Gasteiger partial charge is 0.478 e. The van der Waals surface area contributed by atoms with Crippen LogP contribution in [0.5, 0.6) is 0 Å². The quantitative estimate of drug-likeness (QED) is 0.885. The molecule has 0 aliphatic rings. The molecule has 7 nitrogen and oxygen atoms in total. The summed E-state index contributed by atoms with van der Waals surface area (Å²) in [4.78, 5) is 29.4. The van der Waals surface area contributed by atoms with E-state index in [1.807, 2.05) is 0 Å². The lowest BCUT2D eigenvalue weighted by Gasteiger charge is -2.19. The molecule has 0 aliphatic carbocycles. The molecule has 110 valence electrons. The molecule has 2 N–H and O–H groups in total. The van der Waals surface area contributed by atoms with E-state index in [2.05, 4.69) is 15.2 Å². The molecule has 21 heavy (non-hydrogen) atoms. The van der Waals surface area contributed by atoms with Crippen LogP contribution in [0.2, 0.25) is 0 Å². The molecule has 0 atom stereocenters. The molecule has 0 spiro atoms. The number of carbonyl (C=O) groups is 2. The van der Waals surface area contributed by atoms with Crippen LogP contribution in [0.3, 0.4) is 0 Å². The van der Waals surface area contributed by atoms with Crippen LogP contribution < -0.4 is 0 Å². The van der Waals surface area contributed by atoms with Crippen LogP contribution in [0.25, 0.3) is 0 Å². The third kappa shape index (κ3) is 2.91. The number of aromatic amines is 1. The first-order chi connectivity index (χ1) is 9.91. The van der Waals surface area contributed by atoms with Gasteiger partial charge in [0.05, 0.1) is 17.7 Å². The summed E-state index contributed by atoms with van der Waals surface area (Å²) in [6.07, 6.45) is 1.36. The third-order valence-electron chi connectivity index (χ3n) is 3.25. The van der Waals surface area contributed by atoms with Crippen molar-refractivity contribution in [3.63, 3.8) is 0 Å². The lowest BCUT2D eigenvalue weighted by atomic mass is 9.96. The highest BCUT2D eigenvalue weighted by atomic mass is 16.4. The Morgan fingerprint density at radius 3 is 2.38 bits per heavy atom. The van der Waals surface area contributed by atoms with Gasteiger partial charge >= 0.3 is 5.97 Å². The Morgan fingerprint density at radius 2 is 1.86 bits per heavy atom. The Kier molecular flexibility index (Phi) is 4.02. The van der Waals surface area contributed by atoms with Crippen LogP contribution in [0, 0.1) is 13.8 Å². The zero-order chi connectivity index (χ0) is 15.6. The number of hydrogen-bond donors (Lipinski definition) is 2. The Hall–Kier alpha value is -2.70. The first kappa shape index (κ1) is 14.7. The molecule has 0 radical (unpaired) electrons. The van der Waals surface area contributed by atoms with Gasteiger partial charge in [0.1, 0.15) is 12.2 Å². The zero-order valence-corrected chi connectivity index (χ0v) is 12.0. The number of rotatable bonds is 4. The Morgan fingerprint density at radius 1 is 1.24 bits per heavy atom. The van der Waals surface area contributed by atoms with E-state index in [1.54, 1.807) is 33.0 Å². The number of nitrogens with one attached hydrogen (secondary N) is 1. The van der Waals surface area contributed by atoms with Crippen molar-refractivity contribution in [2.45, 2.75) is 20.4 Å². The van der Waals surface area contributed by atoms with Crippen molar-refractivity contribution in [3.05, 3.63) is 46.5 Å². The summed E-state index contributed by atoms with van der Waals surface area (Å²) in [7, 11) is 1.60. The van der Waals surface area contributed by atoms with E-state index in [0.29, 0.717) is 17.0 Å². The van der Waals surface area contributed by atoms with Gasteiger partial charge in [-0.05, 0) is 25.0 Å². The van der Waals surface area contributed by atoms with Crippen LogP contribution in [0.15, 0.2) is 18.5 Å². The van der Waals surface area contributed by atoms with E-state index in [9.17, 15) is 14.7 Å². The summed E-state index contributed by atoms with van der Waals surface area (Å²) in [6.45, 7) is 3.63. The van der Waals surface area contributed by atoms with E-state index in [-0.39, 0.29) is 23.6 Å². The van der Waals surface area contributed by atoms with Crippen molar-refractivity contribution in [3.8, 4) is 0 Å². The van der Waals surface area contributed by atoms with Gasteiger partial charge < -0.3 is 10.0 Å². The van der Waals surface area contributed by atoms with E-state index < -0.39 is 5.97 Å². The fourth-order valence-corrected chi connectivity index (χ4v) is 2.16. The number of nitrogens with zero attached hydrogens (tertiary/aromatic N) is 3. The SMILES string of the molecule is Cc1ccc(C)c(C(=O)N(C)Cc2ncn[nH]2)c1C(=O)O. The second-order valence-electron chi connectivity index (χ2n) is 4.85. The number of carboxylic acid groups (broad SMARTS) is 1. The number of aryl methyl sites for hydroxylation is 2. The van der Waals surface area contributed by atoms with Crippen LogP contribution >= 0.6 is 0 Å². The van der Waals surface area contributed by atoms with Crippen molar-refractivity contribution >= 4 is 11.9 Å². The van der Waals surface area contributed by atoms with Crippen LogP contribution in [0.4, 0.5) is 0 Å². The van der Waals surface area contributed by atoms with Gasteiger partial charge in [0, 0.05) is 7.05 Å². The smallest absolute Gasteiger partial charge is 0.336 e. The number of amides is 1. The Bertz CT molecular complexity index is 680. The lowest BCUT2D eigenvalue weighted by Crippen LogP contribution is -2.29. The number of aromatic carboxylic acids is 1. The Labute approximate surface area is 121 Å². The molecule has 2 aromatic rings. The van der Waals surface area contributed by atoms with Gasteiger partial charge in [-0.3, -0.25) is 9.89 Å². The summed E-state index contributed by atoms with van der Waals surface area (Å²) < 4.78 is 0. The minimum absolute atomic E-state index is 0.0458. The molecule has 0 aliphatic heterocycles. The minimum Gasteiger partial charge on any atom is -0.478 e. The molecular formula is C14H16N4O3. The molecular weight excluding hydrogens is 272 g/mol. The molecule has 7 heteroatoms. The van der Waals surface area contributed by atoms with E-state index >= 15 is 0 Å². The summed E-state index contributed by atoms with van der Waals surface area (Å²) in [5.74, 6) is -0.925. The van der Waals surface area contributed by atoms with Crippen LogP contribution in [-0.4, -0.2) is 44.1 Å². The highest BCUT2D eigenvalue weighted by Crippen LogP contribution is 2.20. The van der Waals surface area contributed by atoms with Gasteiger partial charge in [0.25, 0.3) is 5.91 Å². The maximum Gasteiger partial charge on any atom is 0.336 e. The Balaban J connectivity index is 2.38. The number of carbonyl (C=O) groups excluding carboxylic acids is 1. The summed E-state index contributed by atoms with van der Waals surface area (Å²) in [5, 5.41) is 15.7. The summed E-state index contributed by atoms with van der Waals surface area (Å²) in [5.41, 5.74) is 1.45. The normalized spacial score (nSPS) is 10.4. The second-order valence-corrected chi connectivity index (χ2v) is 4.85. The number of hydrogen-bond acceptors (Lipinski definition) is 4. The van der Waals surface area contributed by atoms with Gasteiger partial charge in [0.15, 0.2) is 0 Å². The maximum atomic E-state index is 12.6. The molecule has 0 fully saturated rings. The number of carboxylic acids is 1. The van der Waals surface area contributed by atoms with Crippen molar-refractivity contribution < 1.29 is 14.7 Å². The average Bonchev–Trinajstić information content (AvgIpc) is 2.92. The first-order valence-corrected chi connectivity index (χ1v) is 6.35. The average molecular weight is 288 g/mol. The number of aromatic nitrogens is 3. The molecule has 1 aromatic heterocycles. The molecule has 0 saturated carbocycles. The van der Waals surface area contributed by atoms with Crippen molar-refractivity contribution in [2.24, 2.45) is 0 Å². The predicted octanol–water partition coefficient (Wildman–Crippen LogP) is 1.39. The van der Waals surface area contributed by atoms with Gasteiger partial charge in [-0.15, -0.1) is 0 Å². The number of H-pyrrole nitrogens is 1. The van der Waals surface area contributed by atoms with Crippen LogP contribution in [0.1, 0.15) is 37.7 Å². The summed E-state index contributed by atoms with van der Waals surface area (Å²) >= 11 is 0.